The first kappa shape index (κ1) is 9.83. The van der Waals surface area contributed by atoms with Crippen LogP contribution in [0.15, 0.2) is 18.3 Å². The van der Waals surface area contributed by atoms with Crippen LogP contribution in [0.4, 0.5) is 4.39 Å². The molecule has 0 bridgehead atoms. The van der Waals surface area contributed by atoms with Crippen LogP contribution in [0, 0.1) is 5.82 Å². The third kappa shape index (κ3) is 1.88. The van der Waals surface area contributed by atoms with Crippen molar-refractivity contribution >= 4 is 11.5 Å². The van der Waals surface area contributed by atoms with Crippen molar-refractivity contribution in [3.05, 3.63) is 35.4 Å². The van der Waals surface area contributed by atoms with E-state index in [-0.39, 0.29) is 5.69 Å². The Morgan fingerprint density at radius 2 is 2.33 bits per heavy atom. The molecule has 0 aliphatic heterocycles. The van der Waals surface area contributed by atoms with Crippen LogP contribution in [0.2, 0.25) is 0 Å². The Bertz CT molecular complexity index is 440. The number of halogens is 1. The Morgan fingerprint density at radius 1 is 1.53 bits per heavy atom. The molecule has 1 aromatic heterocycles. The number of amides is 1. The van der Waals surface area contributed by atoms with Crippen LogP contribution >= 0.6 is 0 Å². The van der Waals surface area contributed by atoms with Gasteiger partial charge in [-0.25, -0.2) is 9.37 Å². The van der Waals surface area contributed by atoms with Crippen molar-refractivity contribution in [2.45, 2.75) is 19.3 Å². The zero-order valence-corrected chi connectivity index (χ0v) is 8.16. The van der Waals surface area contributed by atoms with Gasteiger partial charge in [0.2, 0.25) is 0 Å². The van der Waals surface area contributed by atoms with Crippen molar-refractivity contribution in [2.24, 2.45) is 5.73 Å². The standard InChI is InChI=1S/C11H11FN2O/c12-8-5-9(7-3-1-2-4-7)10(11(13)15)14-6-8/h3,5-6H,1-2,4H2,(H2,13,15). The number of rotatable bonds is 2. The van der Waals surface area contributed by atoms with Gasteiger partial charge in [-0.1, -0.05) is 6.08 Å². The van der Waals surface area contributed by atoms with Crippen molar-refractivity contribution in [2.75, 3.05) is 0 Å². The second kappa shape index (κ2) is 3.81. The largest absolute Gasteiger partial charge is 0.364 e. The number of aromatic nitrogens is 1. The van der Waals surface area contributed by atoms with E-state index in [0.717, 1.165) is 31.0 Å². The molecule has 0 saturated heterocycles. The van der Waals surface area contributed by atoms with Crippen LogP contribution < -0.4 is 5.73 Å². The molecule has 4 heteroatoms. The number of nitrogens with two attached hydrogens (primary N) is 1. The Kier molecular flexibility index (Phi) is 2.49. The summed E-state index contributed by atoms with van der Waals surface area (Å²) in [5.74, 6) is -1.05. The molecule has 15 heavy (non-hydrogen) atoms. The van der Waals surface area contributed by atoms with E-state index in [9.17, 15) is 9.18 Å². The molecule has 1 aliphatic carbocycles. The van der Waals surface area contributed by atoms with Gasteiger partial charge in [-0.2, -0.15) is 0 Å². The molecule has 0 spiro atoms. The molecule has 2 rings (SSSR count). The van der Waals surface area contributed by atoms with Crippen molar-refractivity contribution in [3.8, 4) is 0 Å². The summed E-state index contributed by atoms with van der Waals surface area (Å²) in [6.07, 6.45) is 5.86. The molecule has 0 fully saturated rings. The lowest BCUT2D eigenvalue weighted by atomic mass is 10.0. The van der Waals surface area contributed by atoms with Gasteiger partial charge >= 0.3 is 0 Å². The lowest BCUT2D eigenvalue weighted by molar-refractivity contribution is 0.0995. The number of allylic oxidation sites excluding steroid dienone is 2. The molecule has 78 valence electrons. The summed E-state index contributed by atoms with van der Waals surface area (Å²) in [6.45, 7) is 0. The summed E-state index contributed by atoms with van der Waals surface area (Å²) < 4.78 is 13.0. The minimum absolute atomic E-state index is 0.157. The smallest absolute Gasteiger partial charge is 0.267 e. The van der Waals surface area contributed by atoms with Gasteiger partial charge in [-0.15, -0.1) is 0 Å². The SMILES string of the molecule is NC(=O)c1ncc(F)cc1C1=CCCC1. The Morgan fingerprint density at radius 3 is 2.93 bits per heavy atom. The minimum Gasteiger partial charge on any atom is -0.364 e. The number of carbonyl (C=O) groups is 1. The lowest BCUT2D eigenvalue weighted by Gasteiger charge is -2.06. The number of hydrogen-bond donors (Lipinski definition) is 1. The van der Waals surface area contributed by atoms with Gasteiger partial charge < -0.3 is 5.73 Å². The second-order valence-electron chi connectivity index (χ2n) is 3.54. The molecule has 1 aromatic rings. The zero-order chi connectivity index (χ0) is 10.8. The van der Waals surface area contributed by atoms with Crippen molar-refractivity contribution in [1.29, 1.82) is 0 Å². The molecule has 3 nitrogen and oxygen atoms in total. The van der Waals surface area contributed by atoms with E-state index in [1.807, 2.05) is 6.08 Å². The number of pyridine rings is 1. The first-order valence-corrected chi connectivity index (χ1v) is 4.83. The molecular weight excluding hydrogens is 195 g/mol. The van der Waals surface area contributed by atoms with E-state index in [4.69, 9.17) is 5.73 Å². The van der Waals surface area contributed by atoms with Crippen LogP contribution in [-0.2, 0) is 0 Å². The number of carbonyl (C=O) groups excluding carboxylic acids is 1. The van der Waals surface area contributed by atoms with Gasteiger partial charge in [-0.3, -0.25) is 4.79 Å². The highest BCUT2D eigenvalue weighted by Crippen LogP contribution is 2.29. The predicted octanol–water partition coefficient (Wildman–Crippen LogP) is 1.89. The maximum absolute atomic E-state index is 13.0. The second-order valence-corrected chi connectivity index (χ2v) is 3.54. The first-order chi connectivity index (χ1) is 7.18. The molecule has 2 N–H and O–H groups in total. The maximum Gasteiger partial charge on any atom is 0.267 e. The number of nitrogens with zero attached hydrogens (tertiary/aromatic N) is 1. The third-order valence-electron chi connectivity index (χ3n) is 2.47. The van der Waals surface area contributed by atoms with Gasteiger partial charge in [0.15, 0.2) is 0 Å². The average Bonchev–Trinajstić information content (AvgIpc) is 2.69. The van der Waals surface area contributed by atoms with E-state index in [1.165, 1.54) is 6.07 Å². The summed E-state index contributed by atoms with van der Waals surface area (Å²) in [5, 5.41) is 0. The normalized spacial score (nSPS) is 15.1. The summed E-state index contributed by atoms with van der Waals surface area (Å²) in [4.78, 5) is 14.8. The van der Waals surface area contributed by atoms with Crippen LogP contribution in [0.3, 0.4) is 0 Å². The summed E-state index contributed by atoms with van der Waals surface area (Å²) in [7, 11) is 0. The molecule has 0 unspecified atom stereocenters. The summed E-state index contributed by atoms with van der Waals surface area (Å²) in [6, 6.07) is 1.32. The molecular formula is C11H11FN2O. The molecule has 1 aliphatic rings. The molecule has 1 heterocycles. The predicted molar refractivity (Wildman–Crippen MR) is 54.5 cm³/mol. The molecule has 1 amide bonds. The Labute approximate surface area is 86.8 Å². The lowest BCUT2D eigenvalue weighted by Crippen LogP contribution is -2.15. The van der Waals surface area contributed by atoms with Crippen molar-refractivity contribution in [1.82, 2.24) is 4.98 Å². The number of hydrogen-bond acceptors (Lipinski definition) is 2. The number of primary amides is 1. The zero-order valence-electron chi connectivity index (χ0n) is 8.16. The van der Waals surface area contributed by atoms with E-state index < -0.39 is 11.7 Å². The van der Waals surface area contributed by atoms with Crippen LogP contribution in [-0.4, -0.2) is 10.9 Å². The van der Waals surface area contributed by atoms with Crippen LogP contribution in [0.5, 0.6) is 0 Å². The van der Waals surface area contributed by atoms with Gasteiger partial charge in [0.1, 0.15) is 11.5 Å². The fraction of sp³-hybridized carbons (Fsp3) is 0.273. The maximum atomic E-state index is 13.0. The molecule has 0 atom stereocenters. The monoisotopic (exact) mass is 206 g/mol. The average molecular weight is 206 g/mol. The molecule has 0 aromatic carbocycles. The fourth-order valence-electron chi connectivity index (χ4n) is 1.80. The van der Waals surface area contributed by atoms with Crippen molar-refractivity contribution < 1.29 is 9.18 Å². The van der Waals surface area contributed by atoms with Crippen molar-refractivity contribution in [3.63, 3.8) is 0 Å². The Hall–Kier alpha value is -1.71. The first-order valence-electron chi connectivity index (χ1n) is 4.83. The van der Waals surface area contributed by atoms with E-state index >= 15 is 0 Å². The fourth-order valence-corrected chi connectivity index (χ4v) is 1.80. The minimum atomic E-state index is -0.613. The van der Waals surface area contributed by atoms with E-state index in [0.29, 0.717) is 5.56 Å². The highest BCUT2D eigenvalue weighted by molar-refractivity contribution is 5.96. The summed E-state index contributed by atoms with van der Waals surface area (Å²) >= 11 is 0. The van der Waals surface area contributed by atoms with Gasteiger partial charge in [-0.05, 0) is 30.9 Å². The Balaban J connectivity index is 2.51. The highest BCUT2D eigenvalue weighted by Gasteiger charge is 2.16. The van der Waals surface area contributed by atoms with Crippen LogP contribution in [0.1, 0.15) is 35.3 Å². The molecule has 0 saturated carbocycles. The van der Waals surface area contributed by atoms with Crippen LogP contribution in [0.25, 0.3) is 5.57 Å². The highest BCUT2D eigenvalue weighted by atomic mass is 19.1. The van der Waals surface area contributed by atoms with E-state index in [1.54, 1.807) is 0 Å². The molecule has 0 radical (unpaired) electrons. The summed E-state index contributed by atoms with van der Waals surface area (Å²) in [5.41, 5.74) is 6.85. The van der Waals surface area contributed by atoms with E-state index in [2.05, 4.69) is 4.98 Å². The van der Waals surface area contributed by atoms with Gasteiger partial charge in [0.05, 0.1) is 6.20 Å². The van der Waals surface area contributed by atoms with Gasteiger partial charge in [0.25, 0.3) is 5.91 Å². The quantitative estimate of drug-likeness (QED) is 0.803. The topological polar surface area (TPSA) is 56.0 Å². The third-order valence-corrected chi connectivity index (χ3v) is 2.47. The van der Waals surface area contributed by atoms with Gasteiger partial charge in [0, 0.05) is 5.56 Å².